The summed E-state index contributed by atoms with van der Waals surface area (Å²) in [6.45, 7) is 2.72. The number of sulfone groups is 1. The highest BCUT2D eigenvalue weighted by molar-refractivity contribution is 7.91. The summed E-state index contributed by atoms with van der Waals surface area (Å²) < 4.78 is 29.4. The number of methoxy groups -OCH3 is 1. The molecule has 0 aliphatic carbocycles. The lowest BCUT2D eigenvalue weighted by Gasteiger charge is -2.22. The van der Waals surface area contributed by atoms with E-state index in [9.17, 15) is 8.42 Å². The second kappa shape index (κ2) is 6.03. The second-order valence-corrected chi connectivity index (χ2v) is 6.98. The average molecular weight is 283 g/mol. The molecule has 0 saturated heterocycles. The highest BCUT2D eigenvalue weighted by atomic mass is 32.2. The van der Waals surface area contributed by atoms with E-state index in [4.69, 9.17) is 4.74 Å². The molecule has 0 bridgehead atoms. The van der Waals surface area contributed by atoms with E-state index in [1.807, 2.05) is 12.1 Å². The fourth-order valence-electron chi connectivity index (χ4n) is 2.64. The Bertz CT molecular complexity index is 521. The van der Waals surface area contributed by atoms with Crippen LogP contribution in [0.25, 0.3) is 0 Å². The SMILES string of the molecule is CCCC(COC)NC1CS(=O)(=O)c2ccccc21. The van der Waals surface area contributed by atoms with E-state index in [0.717, 1.165) is 18.4 Å². The molecule has 0 fully saturated rings. The summed E-state index contributed by atoms with van der Waals surface area (Å²) >= 11 is 0. The number of ether oxygens (including phenoxy) is 1. The second-order valence-electron chi connectivity index (χ2n) is 4.98. The number of nitrogens with one attached hydrogen (secondary N) is 1. The molecule has 0 aromatic heterocycles. The molecule has 0 radical (unpaired) electrons. The van der Waals surface area contributed by atoms with Crippen LogP contribution in [-0.2, 0) is 14.6 Å². The van der Waals surface area contributed by atoms with Crippen LogP contribution in [0.2, 0.25) is 0 Å². The molecule has 2 unspecified atom stereocenters. The number of fused-ring (bicyclic) bond motifs is 1. The lowest BCUT2D eigenvalue weighted by Crippen LogP contribution is -2.37. The van der Waals surface area contributed by atoms with Gasteiger partial charge in [0.2, 0.25) is 0 Å². The van der Waals surface area contributed by atoms with Crippen molar-refractivity contribution in [3.8, 4) is 0 Å². The van der Waals surface area contributed by atoms with E-state index in [0.29, 0.717) is 11.5 Å². The first-order valence-corrected chi connectivity index (χ1v) is 8.30. The summed E-state index contributed by atoms with van der Waals surface area (Å²) in [6.07, 6.45) is 2.02. The molecular formula is C14H21NO3S. The maximum atomic E-state index is 12.1. The molecule has 0 amide bonds. The van der Waals surface area contributed by atoms with Crippen molar-refractivity contribution in [3.63, 3.8) is 0 Å². The third-order valence-corrected chi connectivity index (χ3v) is 5.27. The van der Waals surface area contributed by atoms with Crippen molar-refractivity contribution in [2.45, 2.75) is 36.7 Å². The summed E-state index contributed by atoms with van der Waals surface area (Å²) in [7, 11) is -1.46. The Morgan fingerprint density at radius 2 is 2.16 bits per heavy atom. The molecule has 1 aliphatic heterocycles. The molecule has 1 N–H and O–H groups in total. The molecule has 2 atom stereocenters. The summed E-state index contributed by atoms with van der Waals surface area (Å²) in [6, 6.07) is 7.33. The van der Waals surface area contributed by atoms with Crippen molar-refractivity contribution >= 4 is 9.84 Å². The molecule has 5 heteroatoms. The summed E-state index contributed by atoms with van der Waals surface area (Å²) in [5.74, 6) is 0.149. The van der Waals surface area contributed by atoms with Crippen molar-refractivity contribution < 1.29 is 13.2 Å². The number of benzene rings is 1. The summed E-state index contributed by atoms with van der Waals surface area (Å²) in [4.78, 5) is 0.472. The molecule has 1 aromatic carbocycles. The van der Waals surface area contributed by atoms with Crippen LogP contribution in [0.15, 0.2) is 29.2 Å². The monoisotopic (exact) mass is 283 g/mol. The Kier molecular flexibility index (Phi) is 4.60. The molecular weight excluding hydrogens is 262 g/mol. The van der Waals surface area contributed by atoms with Gasteiger partial charge in [0.25, 0.3) is 0 Å². The van der Waals surface area contributed by atoms with Crippen LogP contribution >= 0.6 is 0 Å². The zero-order valence-electron chi connectivity index (χ0n) is 11.4. The first kappa shape index (κ1) is 14.5. The van der Waals surface area contributed by atoms with Gasteiger partial charge >= 0.3 is 0 Å². The van der Waals surface area contributed by atoms with Crippen LogP contribution in [0.5, 0.6) is 0 Å². The van der Waals surface area contributed by atoms with Gasteiger partial charge in [0.05, 0.1) is 17.3 Å². The third kappa shape index (κ3) is 3.16. The lowest BCUT2D eigenvalue weighted by molar-refractivity contribution is 0.157. The van der Waals surface area contributed by atoms with Crippen LogP contribution in [0.4, 0.5) is 0 Å². The van der Waals surface area contributed by atoms with Crippen LogP contribution in [0.1, 0.15) is 31.4 Å². The molecule has 106 valence electrons. The van der Waals surface area contributed by atoms with Gasteiger partial charge in [0.1, 0.15) is 0 Å². The molecule has 4 nitrogen and oxygen atoms in total. The van der Waals surface area contributed by atoms with E-state index < -0.39 is 9.84 Å². The fraction of sp³-hybridized carbons (Fsp3) is 0.571. The molecule has 19 heavy (non-hydrogen) atoms. The van der Waals surface area contributed by atoms with Gasteiger partial charge in [-0.1, -0.05) is 31.5 Å². The van der Waals surface area contributed by atoms with E-state index in [1.165, 1.54) is 0 Å². The molecule has 1 aliphatic rings. The van der Waals surface area contributed by atoms with Gasteiger partial charge in [0.15, 0.2) is 9.84 Å². The first-order valence-electron chi connectivity index (χ1n) is 6.65. The topological polar surface area (TPSA) is 55.4 Å². The Morgan fingerprint density at radius 1 is 1.42 bits per heavy atom. The van der Waals surface area contributed by atoms with Gasteiger partial charge in [0, 0.05) is 19.2 Å². The van der Waals surface area contributed by atoms with Crippen LogP contribution in [-0.4, -0.2) is 33.9 Å². The minimum Gasteiger partial charge on any atom is -0.383 e. The first-order chi connectivity index (χ1) is 9.08. The largest absolute Gasteiger partial charge is 0.383 e. The van der Waals surface area contributed by atoms with Crippen LogP contribution in [0, 0.1) is 0 Å². The summed E-state index contributed by atoms with van der Waals surface area (Å²) in [5, 5.41) is 3.43. The van der Waals surface area contributed by atoms with Crippen molar-refractivity contribution in [1.82, 2.24) is 5.32 Å². The van der Waals surface area contributed by atoms with Crippen LogP contribution < -0.4 is 5.32 Å². The van der Waals surface area contributed by atoms with Crippen LogP contribution in [0.3, 0.4) is 0 Å². The third-order valence-electron chi connectivity index (χ3n) is 3.46. The van der Waals surface area contributed by atoms with E-state index in [2.05, 4.69) is 12.2 Å². The Morgan fingerprint density at radius 3 is 2.84 bits per heavy atom. The molecule has 1 aromatic rings. The zero-order chi connectivity index (χ0) is 13.9. The standard InChI is InChI=1S/C14H21NO3S/c1-3-6-11(9-18-2)15-13-10-19(16,17)14-8-5-4-7-12(13)14/h4-5,7-8,11,13,15H,3,6,9-10H2,1-2H3. The Labute approximate surface area is 115 Å². The Hall–Kier alpha value is -0.910. The van der Waals surface area contributed by atoms with Gasteiger partial charge < -0.3 is 10.1 Å². The van der Waals surface area contributed by atoms with Gasteiger partial charge in [-0.3, -0.25) is 0 Å². The smallest absolute Gasteiger partial charge is 0.180 e. The Balaban J connectivity index is 2.19. The number of hydrogen-bond donors (Lipinski definition) is 1. The van der Waals surface area contributed by atoms with Gasteiger partial charge in [-0.05, 0) is 18.1 Å². The highest BCUT2D eigenvalue weighted by Crippen LogP contribution is 2.33. The van der Waals surface area contributed by atoms with E-state index in [1.54, 1.807) is 19.2 Å². The maximum Gasteiger partial charge on any atom is 0.180 e. The van der Waals surface area contributed by atoms with Gasteiger partial charge in [-0.2, -0.15) is 0 Å². The average Bonchev–Trinajstić information content (AvgIpc) is 2.63. The lowest BCUT2D eigenvalue weighted by atomic mass is 10.1. The summed E-state index contributed by atoms with van der Waals surface area (Å²) in [5.41, 5.74) is 0.889. The van der Waals surface area contributed by atoms with Gasteiger partial charge in [-0.15, -0.1) is 0 Å². The van der Waals surface area contributed by atoms with E-state index >= 15 is 0 Å². The predicted molar refractivity (Wildman–Crippen MR) is 74.9 cm³/mol. The predicted octanol–water partition coefficient (Wildman–Crippen LogP) is 1.92. The fourth-order valence-corrected chi connectivity index (χ4v) is 4.39. The van der Waals surface area contributed by atoms with Gasteiger partial charge in [-0.25, -0.2) is 8.42 Å². The van der Waals surface area contributed by atoms with Crippen molar-refractivity contribution in [2.75, 3.05) is 19.5 Å². The molecule has 0 spiro atoms. The minimum atomic E-state index is -3.13. The highest BCUT2D eigenvalue weighted by Gasteiger charge is 2.35. The molecule has 2 rings (SSSR count). The van der Waals surface area contributed by atoms with Crippen molar-refractivity contribution in [3.05, 3.63) is 29.8 Å². The quantitative estimate of drug-likeness (QED) is 0.866. The van der Waals surface area contributed by atoms with Crippen molar-refractivity contribution in [1.29, 1.82) is 0 Å². The molecule has 1 heterocycles. The van der Waals surface area contributed by atoms with Crippen molar-refractivity contribution in [2.24, 2.45) is 0 Å². The molecule has 0 saturated carbocycles. The number of rotatable bonds is 6. The normalized spacial score (nSPS) is 22.1. The van der Waals surface area contributed by atoms with E-state index in [-0.39, 0.29) is 17.8 Å². The number of hydrogen-bond acceptors (Lipinski definition) is 4. The maximum absolute atomic E-state index is 12.1. The minimum absolute atomic E-state index is 0.118. The zero-order valence-corrected chi connectivity index (χ0v) is 12.2.